The molecule has 4 heteroatoms. The normalized spacial score (nSPS) is 21.8. The predicted molar refractivity (Wildman–Crippen MR) is 94.5 cm³/mol. The molecule has 1 N–H and O–H groups in total. The Morgan fingerprint density at radius 2 is 2.00 bits per heavy atom. The lowest BCUT2D eigenvalue weighted by molar-refractivity contribution is 0.175. The topological polar surface area (TPSA) is 53.7 Å². The van der Waals surface area contributed by atoms with E-state index in [0.29, 0.717) is 18.0 Å². The number of hydrogen-bond donors (Lipinski definition) is 1. The van der Waals surface area contributed by atoms with Gasteiger partial charge in [-0.1, -0.05) is 6.92 Å². The van der Waals surface area contributed by atoms with E-state index in [0.717, 1.165) is 60.8 Å². The standard InChI is InChI=1S/C20H25NO3/c1-13-5-4-10-21(11-13)12-17-18(22)9-8-15-14-6-2-3-7-16(14)20(23)24-19(15)17/h8-9,13,22H,2-7,10-12H2,1H3/t13-/m0/s1. The molecule has 2 aliphatic rings. The van der Waals surface area contributed by atoms with Gasteiger partial charge in [-0.05, 0) is 68.7 Å². The summed E-state index contributed by atoms with van der Waals surface area (Å²) in [4.78, 5) is 14.8. The number of benzene rings is 1. The van der Waals surface area contributed by atoms with Crippen LogP contribution in [0, 0.1) is 5.92 Å². The monoisotopic (exact) mass is 327 g/mol. The molecule has 1 aliphatic heterocycles. The number of nitrogens with zero attached hydrogens (tertiary/aromatic N) is 1. The summed E-state index contributed by atoms with van der Waals surface area (Å²) in [6.07, 6.45) is 6.37. The molecule has 0 amide bonds. The molecule has 4 nitrogen and oxygen atoms in total. The van der Waals surface area contributed by atoms with Gasteiger partial charge in [0.05, 0.1) is 5.56 Å². The summed E-state index contributed by atoms with van der Waals surface area (Å²) in [5.41, 5.74) is 3.14. The fraction of sp³-hybridized carbons (Fsp3) is 0.550. The van der Waals surface area contributed by atoms with Crippen LogP contribution in [0.3, 0.4) is 0 Å². The third-order valence-electron chi connectivity index (χ3n) is 5.59. The van der Waals surface area contributed by atoms with Crippen LogP contribution in [0.2, 0.25) is 0 Å². The molecule has 4 rings (SSSR count). The molecule has 1 aromatic carbocycles. The predicted octanol–water partition coefficient (Wildman–Crippen LogP) is 3.61. The van der Waals surface area contributed by atoms with Gasteiger partial charge < -0.3 is 9.52 Å². The van der Waals surface area contributed by atoms with Gasteiger partial charge in [-0.15, -0.1) is 0 Å². The molecule has 0 saturated carbocycles. The van der Waals surface area contributed by atoms with E-state index < -0.39 is 0 Å². The Bertz CT molecular complexity index is 824. The van der Waals surface area contributed by atoms with Crippen LogP contribution in [-0.2, 0) is 19.4 Å². The van der Waals surface area contributed by atoms with Gasteiger partial charge in [0.2, 0.25) is 0 Å². The summed E-state index contributed by atoms with van der Waals surface area (Å²) < 4.78 is 5.70. The number of piperidine rings is 1. The van der Waals surface area contributed by atoms with Gasteiger partial charge >= 0.3 is 5.63 Å². The second kappa shape index (κ2) is 6.25. The fourth-order valence-electron chi connectivity index (χ4n) is 4.36. The molecule has 24 heavy (non-hydrogen) atoms. The van der Waals surface area contributed by atoms with E-state index in [1.807, 2.05) is 6.07 Å². The number of aryl methyl sites for hydroxylation is 1. The van der Waals surface area contributed by atoms with Crippen LogP contribution in [0.1, 0.15) is 49.3 Å². The zero-order valence-electron chi connectivity index (χ0n) is 14.3. The second-order valence-electron chi connectivity index (χ2n) is 7.48. The molecule has 1 atom stereocenters. The quantitative estimate of drug-likeness (QED) is 0.856. The average Bonchev–Trinajstić information content (AvgIpc) is 2.58. The van der Waals surface area contributed by atoms with Crippen LogP contribution < -0.4 is 5.63 Å². The first-order valence-electron chi connectivity index (χ1n) is 9.15. The fourth-order valence-corrected chi connectivity index (χ4v) is 4.36. The van der Waals surface area contributed by atoms with Gasteiger partial charge in [0.15, 0.2) is 0 Å². The highest BCUT2D eigenvalue weighted by atomic mass is 16.4. The molecule has 0 spiro atoms. The van der Waals surface area contributed by atoms with Gasteiger partial charge in [-0.2, -0.15) is 0 Å². The lowest BCUT2D eigenvalue weighted by Gasteiger charge is -2.31. The highest BCUT2D eigenvalue weighted by Gasteiger charge is 2.23. The molecular weight excluding hydrogens is 302 g/mol. The molecule has 1 saturated heterocycles. The van der Waals surface area contributed by atoms with Crippen LogP contribution >= 0.6 is 0 Å². The van der Waals surface area contributed by atoms with Crippen LogP contribution in [0.5, 0.6) is 5.75 Å². The van der Waals surface area contributed by atoms with Crippen molar-refractivity contribution in [2.75, 3.05) is 13.1 Å². The minimum Gasteiger partial charge on any atom is -0.507 e. The molecule has 0 unspecified atom stereocenters. The van der Waals surface area contributed by atoms with Crippen molar-refractivity contribution in [1.82, 2.24) is 4.90 Å². The third-order valence-corrected chi connectivity index (χ3v) is 5.59. The van der Waals surface area contributed by atoms with E-state index in [1.165, 1.54) is 12.8 Å². The van der Waals surface area contributed by atoms with E-state index >= 15 is 0 Å². The van der Waals surface area contributed by atoms with Crippen LogP contribution in [0.15, 0.2) is 21.3 Å². The minimum absolute atomic E-state index is 0.212. The van der Waals surface area contributed by atoms with Crippen molar-refractivity contribution < 1.29 is 9.52 Å². The highest BCUT2D eigenvalue weighted by Crippen LogP contribution is 2.33. The number of hydrogen-bond acceptors (Lipinski definition) is 4. The van der Waals surface area contributed by atoms with Crippen molar-refractivity contribution in [3.8, 4) is 5.75 Å². The van der Waals surface area contributed by atoms with Crippen molar-refractivity contribution in [2.45, 2.75) is 52.0 Å². The Labute approximate surface area is 142 Å². The van der Waals surface area contributed by atoms with Crippen LogP contribution in [0.25, 0.3) is 11.0 Å². The summed E-state index contributed by atoms with van der Waals surface area (Å²) in [5, 5.41) is 11.4. The number of rotatable bonds is 2. The largest absolute Gasteiger partial charge is 0.507 e. The van der Waals surface area contributed by atoms with Crippen molar-refractivity contribution in [2.24, 2.45) is 5.92 Å². The Morgan fingerprint density at radius 1 is 1.21 bits per heavy atom. The van der Waals surface area contributed by atoms with Crippen molar-refractivity contribution in [3.63, 3.8) is 0 Å². The molecule has 0 bridgehead atoms. The maximum Gasteiger partial charge on any atom is 0.339 e. The van der Waals surface area contributed by atoms with Gasteiger partial charge in [0.1, 0.15) is 11.3 Å². The summed E-state index contributed by atoms with van der Waals surface area (Å²) in [6.45, 7) is 4.99. The van der Waals surface area contributed by atoms with Crippen molar-refractivity contribution >= 4 is 11.0 Å². The molecule has 1 fully saturated rings. The van der Waals surface area contributed by atoms with Gasteiger partial charge in [0, 0.05) is 24.0 Å². The zero-order chi connectivity index (χ0) is 16.7. The Kier molecular flexibility index (Phi) is 4.09. The average molecular weight is 327 g/mol. The molecule has 0 radical (unpaired) electrons. The van der Waals surface area contributed by atoms with Gasteiger partial charge in [-0.3, -0.25) is 4.90 Å². The smallest absolute Gasteiger partial charge is 0.339 e. The van der Waals surface area contributed by atoms with Crippen molar-refractivity contribution in [1.29, 1.82) is 0 Å². The zero-order valence-corrected chi connectivity index (χ0v) is 14.3. The van der Waals surface area contributed by atoms with E-state index in [-0.39, 0.29) is 11.4 Å². The molecule has 1 aliphatic carbocycles. The summed E-state index contributed by atoms with van der Waals surface area (Å²) in [7, 11) is 0. The van der Waals surface area contributed by atoms with Gasteiger partial charge in [-0.25, -0.2) is 4.79 Å². The first-order valence-corrected chi connectivity index (χ1v) is 9.15. The first-order chi connectivity index (χ1) is 11.6. The highest BCUT2D eigenvalue weighted by molar-refractivity contribution is 5.86. The third kappa shape index (κ3) is 2.73. The van der Waals surface area contributed by atoms with E-state index in [2.05, 4.69) is 11.8 Å². The second-order valence-corrected chi connectivity index (χ2v) is 7.48. The number of fused-ring (bicyclic) bond motifs is 3. The van der Waals surface area contributed by atoms with Crippen LogP contribution in [-0.4, -0.2) is 23.1 Å². The number of phenols is 1. The SMILES string of the molecule is C[C@H]1CCCN(Cc2c(O)ccc3c4c(c(=O)oc23)CCCC4)C1. The number of aromatic hydroxyl groups is 1. The number of phenolic OH excluding ortho intramolecular Hbond substituents is 1. The summed E-state index contributed by atoms with van der Waals surface area (Å²) in [6, 6.07) is 3.68. The molecule has 1 aromatic heterocycles. The Balaban J connectivity index is 1.81. The van der Waals surface area contributed by atoms with Gasteiger partial charge in [0.25, 0.3) is 0 Å². The molecular formula is C20H25NO3. The van der Waals surface area contributed by atoms with E-state index in [4.69, 9.17) is 4.42 Å². The maximum absolute atomic E-state index is 12.4. The Morgan fingerprint density at radius 3 is 2.79 bits per heavy atom. The van der Waals surface area contributed by atoms with E-state index in [9.17, 15) is 9.90 Å². The Hall–Kier alpha value is -1.81. The lowest BCUT2D eigenvalue weighted by atomic mass is 9.90. The summed E-state index contributed by atoms with van der Waals surface area (Å²) in [5.74, 6) is 0.912. The molecule has 2 heterocycles. The lowest BCUT2D eigenvalue weighted by Crippen LogP contribution is -2.33. The maximum atomic E-state index is 12.4. The van der Waals surface area contributed by atoms with Crippen LogP contribution in [0.4, 0.5) is 0 Å². The number of likely N-dealkylation sites (tertiary alicyclic amines) is 1. The van der Waals surface area contributed by atoms with E-state index in [1.54, 1.807) is 6.07 Å². The van der Waals surface area contributed by atoms with Crippen molar-refractivity contribution in [3.05, 3.63) is 39.2 Å². The summed E-state index contributed by atoms with van der Waals surface area (Å²) >= 11 is 0. The molecule has 2 aromatic rings. The molecule has 128 valence electrons. The first kappa shape index (κ1) is 15.7. The minimum atomic E-state index is -0.212.